The number of nitrogens with zero attached hydrogens (tertiary/aromatic N) is 4. The molecule has 2 N–H and O–H groups in total. The topological polar surface area (TPSA) is 58.3 Å². The molecule has 2 aromatic rings. The highest BCUT2D eigenvalue weighted by molar-refractivity contribution is 5.91. The van der Waals surface area contributed by atoms with Crippen LogP contribution in [0.15, 0.2) is 24.5 Å². The number of nitrogens with two attached hydrogens (primary N) is 1. The molecule has 0 radical (unpaired) electrons. The minimum Gasteiger partial charge on any atom is -0.399 e. The third-order valence-corrected chi connectivity index (χ3v) is 4.37. The molecule has 0 spiro atoms. The number of anilines is 2. The maximum atomic E-state index is 5.83. The third-order valence-electron chi connectivity index (χ3n) is 4.37. The van der Waals surface area contributed by atoms with Gasteiger partial charge in [0.25, 0.3) is 0 Å². The SMILES string of the molecule is CN1CCC(CN(C)c2ncnc3cc(N)ccc23)CC1. The van der Waals surface area contributed by atoms with Crippen LogP contribution in [-0.2, 0) is 0 Å². The Bertz CT molecular complexity index is 619. The van der Waals surface area contributed by atoms with Crippen molar-refractivity contribution in [1.29, 1.82) is 0 Å². The Labute approximate surface area is 125 Å². The first kappa shape index (κ1) is 14.1. The smallest absolute Gasteiger partial charge is 0.139 e. The summed E-state index contributed by atoms with van der Waals surface area (Å²) >= 11 is 0. The molecule has 1 aliphatic heterocycles. The molecule has 112 valence electrons. The zero-order valence-electron chi connectivity index (χ0n) is 12.8. The summed E-state index contributed by atoms with van der Waals surface area (Å²) in [5, 5.41) is 1.07. The molecule has 1 aliphatic rings. The molecule has 0 amide bonds. The van der Waals surface area contributed by atoms with E-state index in [2.05, 4.69) is 33.9 Å². The summed E-state index contributed by atoms with van der Waals surface area (Å²) in [5.74, 6) is 1.74. The Morgan fingerprint density at radius 2 is 2.05 bits per heavy atom. The van der Waals surface area contributed by atoms with Gasteiger partial charge in [-0.3, -0.25) is 0 Å². The second-order valence-corrected chi connectivity index (χ2v) is 6.10. The first-order valence-electron chi connectivity index (χ1n) is 7.53. The van der Waals surface area contributed by atoms with Gasteiger partial charge in [0.2, 0.25) is 0 Å². The van der Waals surface area contributed by atoms with Crippen molar-refractivity contribution in [3.8, 4) is 0 Å². The van der Waals surface area contributed by atoms with E-state index in [1.54, 1.807) is 6.33 Å². The fourth-order valence-electron chi connectivity index (χ4n) is 3.08. The molecule has 21 heavy (non-hydrogen) atoms. The molecule has 0 bridgehead atoms. The number of fused-ring (bicyclic) bond motifs is 1. The number of hydrogen-bond acceptors (Lipinski definition) is 5. The Hall–Kier alpha value is -1.88. The molecule has 1 aromatic carbocycles. The molecule has 1 aromatic heterocycles. The summed E-state index contributed by atoms with van der Waals surface area (Å²) in [5.41, 5.74) is 7.49. The average molecular weight is 285 g/mol. The molecular weight excluding hydrogens is 262 g/mol. The van der Waals surface area contributed by atoms with E-state index in [1.807, 2.05) is 18.2 Å². The Morgan fingerprint density at radius 3 is 2.81 bits per heavy atom. The average Bonchev–Trinajstić information content (AvgIpc) is 2.48. The van der Waals surface area contributed by atoms with Gasteiger partial charge in [0.15, 0.2) is 0 Å². The van der Waals surface area contributed by atoms with Gasteiger partial charge >= 0.3 is 0 Å². The molecular formula is C16H23N5. The van der Waals surface area contributed by atoms with E-state index in [1.165, 1.54) is 25.9 Å². The van der Waals surface area contributed by atoms with E-state index in [9.17, 15) is 0 Å². The van der Waals surface area contributed by atoms with Gasteiger partial charge in [0.05, 0.1) is 5.52 Å². The van der Waals surface area contributed by atoms with Crippen molar-refractivity contribution < 1.29 is 0 Å². The summed E-state index contributed by atoms with van der Waals surface area (Å²) in [4.78, 5) is 13.5. The van der Waals surface area contributed by atoms with Gasteiger partial charge < -0.3 is 15.5 Å². The third kappa shape index (κ3) is 3.08. The van der Waals surface area contributed by atoms with Crippen molar-refractivity contribution in [2.24, 2.45) is 5.92 Å². The summed E-state index contributed by atoms with van der Waals surface area (Å²) in [6, 6.07) is 5.84. The lowest BCUT2D eigenvalue weighted by molar-refractivity contribution is 0.222. The lowest BCUT2D eigenvalue weighted by Gasteiger charge is -2.32. The molecule has 1 fully saturated rings. The van der Waals surface area contributed by atoms with Gasteiger partial charge in [0, 0.05) is 24.7 Å². The summed E-state index contributed by atoms with van der Waals surface area (Å²) < 4.78 is 0. The Balaban J connectivity index is 1.79. The first-order chi connectivity index (χ1) is 10.1. The standard InChI is InChI=1S/C16H23N5/c1-20-7-5-12(6-8-20)10-21(2)16-14-4-3-13(17)9-15(14)18-11-19-16/h3-4,9,11-12H,5-8,10,17H2,1-2H3. The first-order valence-corrected chi connectivity index (χ1v) is 7.53. The van der Waals surface area contributed by atoms with E-state index in [4.69, 9.17) is 5.73 Å². The number of nitrogen functional groups attached to an aromatic ring is 1. The van der Waals surface area contributed by atoms with Crippen LogP contribution < -0.4 is 10.6 Å². The maximum Gasteiger partial charge on any atom is 0.139 e. The van der Waals surface area contributed by atoms with Crippen molar-refractivity contribution in [3.05, 3.63) is 24.5 Å². The molecule has 3 rings (SSSR count). The summed E-state index contributed by atoms with van der Waals surface area (Å²) in [6.45, 7) is 3.43. The lowest BCUT2D eigenvalue weighted by Crippen LogP contribution is -2.36. The van der Waals surface area contributed by atoms with Crippen LogP contribution in [0, 0.1) is 5.92 Å². The van der Waals surface area contributed by atoms with Crippen LogP contribution in [0.1, 0.15) is 12.8 Å². The van der Waals surface area contributed by atoms with Crippen molar-refractivity contribution in [2.75, 3.05) is 44.4 Å². The zero-order valence-corrected chi connectivity index (χ0v) is 12.8. The molecule has 2 heterocycles. The van der Waals surface area contributed by atoms with Crippen LogP contribution in [0.3, 0.4) is 0 Å². The number of benzene rings is 1. The van der Waals surface area contributed by atoms with Gasteiger partial charge in [-0.15, -0.1) is 0 Å². The number of likely N-dealkylation sites (tertiary alicyclic amines) is 1. The van der Waals surface area contributed by atoms with Crippen LogP contribution in [0.2, 0.25) is 0 Å². The van der Waals surface area contributed by atoms with Gasteiger partial charge in [-0.05, 0) is 57.1 Å². The van der Waals surface area contributed by atoms with Crippen LogP contribution in [-0.4, -0.2) is 48.6 Å². The molecule has 5 heteroatoms. The van der Waals surface area contributed by atoms with Crippen molar-refractivity contribution in [2.45, 2.75) is 12.8 Å². The lowest BCUT2D eigenvalue weighted by atomic mass is 9.96. The van der Waals surface area contributed by atoms with Gasteiger partial charge in [-0.1, -0.05) is 0 Å². The number of piperidine rings is 1. The fraction of sp³-hybridized carbons (Fsp3) is 0.500. The minimum absolute atomic E-state index is 0.741. The maximum absolute atomic E-state index is 5.83. The monoisotopic (exact) mass is 285 g/mol. The van der Waals surface area contributed by atoms with Crippen LogP contribution in [0.25, 0.3) is 10.9 Å². The second kappa shape index (κ2) is 5.85. The van der Waals surface area contributed by atoms with Crippen LogP contribution in [0.5, 0.6) is 0 Å². The molecule has 1 saturated heterocycles. The van der Waals surface area contributed by atoms with E-state index in [0.29, 0.717) is 0 Å². The van der Waals surface area contributed by atoms with E-state index < -0.39 is 0 Å². The Kier molecular flexibility index (Phi) is 3.92. The van der Waals surface area contributed by atoms with Crippen LogP contribution >= 0.6 is 0 Å². The fourth-order valence-corrected chi connectivity index (χ4v) is 3.08. The quantitative estimate of drug-likeness (QED) is 0.874. The Morgan fingerprint density at radius 1 is 1.29 bits per heavy atom. The van der Waals surface area contributed by atoms with Gasteiger partial charge in [-0.25, -0.2) is 9.97 Å². The normalized spacial score (nSPS) is 17.2. The summed E-state index contributed by atoms with van der Waals surface area (Å²) in [6.07, 6.45) is 4.15. The largest absolute Gasteiger partial charge is 0.399 e. The highest BCUT2D eigenvalue weighted by atomic mass is 15.2. The van der Waals surface area contributed by atoms with E-state index >= 15 is 0 Å². The van der Waals surface area contributed by atoms with Crippen molar-refractivity contribution in [3.63, 3.8) is 0 Å². The zero-order chi connectivity index (χ0) is 14.8. The summed E-state index contributed by atoms with van der Waals surface area (Å²) in [7, 11) is 4.32. The van der Waals surface area contributed by atoms with E-state index in [-0.39, 0.29) is 0 Å². The molecule has 0 aliphatic carbocycles. The van der Waals surface area contributed by atoms with Crippen molar-refractivity contribution in [1.82, 2.24) is 14.9 Å². The number of rotatable bonds is 3. The van der Waals surface area contributed by atoms with Gasteiger partial charge in [0.1, 0.15) is 12.1 Å². The number of aromatic nitrogens is 2. The molecule has 0 unspecified atom stereocenters. The van der Waals surface area contributed by atoms with Crippen LogP contribution in [0.4, 0.5) is 11.5 Å². The molecule has 0 atom stereocenters. The predicted molar refractivity (Wildman–Crippen MR) is 87.4 cm³/mol. The molecule has 5 nitrogen and oxygen atoms in total. The molecule has 0 saturated carbocycles. The van der Waals surface area contributed by atoms with Crippen molar-refractivity contribution >= 4 is 22.4 Å². The van der Waals surface area contributed by atoms with E-state index in [0.717, 1.165) is 34.9 Å². The highest BCUT2D eigenvalue weighted by Crippen LogP contribution is 2.26. The number of hydrogen-bond donors (Lipinski definition) is 1. The highest BCUT2D eigenvalue weighted by Gasteiger charge is 2.19. The minimum atomic E-state index is 0.741. The predicted octanol–water partition coefficient (Wildman–Crippen LogP) is 1.99. The second-order valence-electron chi connectivity index (χ2n) is 6.10. The van der Waals surface area contributed by atoms with Gasteiger partial charge in [-0.2, -0.15) is 0 Å².